The average molecular weight is 341 g/mol. The van der Waals surface area contributed by atoms with Crippen molar-refractivity contribution >= 4 is 11.9 Å². The number of aryl methyl sites for hydroxylation is 1. The minimum absolute atomic E-state index is 0.0000781. The van der Waals surface area contributed by atoms with Crippen LogP contribution in [0, 0.1) is 5.92 Å². The molecule has 0 radical (unpaired) electrons. The maximum absolute atomic E-state index is 12.5. The molecule has 0 aliphatic rings. The first kappa shape index (κ1) is 16.7. The number of aromatic nitrogens is 6. The van der Waals surface area contributed by atoms with Crippen LogP contribution in [0.2, 0.25) is 0 Å². The maximum atomic E-state index is 12.5. The van der Waals surface area contributed by atoms with Crippen LogP contribution in [0.5, 0.6) is 0 Å². The van der Waals surface area contributed by atoms with Gasteiger partial charge in [0.25, 0.3) is 11.8 Å². The summed E-state index contributed by atoms with van der Waals surface area (Å²) in [6.07, 6.45) is 5.38. The highest BCUT2D eigenvalue weighted by Gasteiger charge is 2.18. The van der Waals surface area contributed by atoms with Crippen molar-refractivity contribution in [2.45, 2.75) is 33.7 Å². The summed E-state index contributed by atoms with van der Waals surface area (Å²) in [6.45, 7) is 6.74. The number of carbonyl (C=O) groups excluding carboxylic acids is 1. The van der Waals surface area contributed by atoms with Gasteiger partial charge in [0.2, 0.25) is 0 Å². The summed E-state index contributed by atoms with van der Waals surface area (Å²) in [5.74, 6) is 0.299. The van der Waals surface area contributed by atoms with E-state index in [0.717, 1.165) is 12.1 Å². The number of anilines is 1. The van der Waals surface area contributed by atoms with Crippen molar-refractivity contribution in [2.75, 3.05) is 5.32 Å². The number of nitrogens with zero attached hydrogens (tertiary/aromatic N) is 6. The fourth-order valence-electron chi connectivity index (χ4n) is 2.36. The van der Waals surface area contributed by atoms with Gasteiger partial charge in [0.05, 0.1) is 11.9 Å². The third-order valence-corrected chi connectivity index (χ3v) is 3.41. The van der Waals surface area contributed by atoms with Crippen molar-refractivity contribution in [3.63, 3.8) is 0 Å². The molecule has 0 aliphatic carbocycles. The highest BCUT2D eigenvalue weighted by atomic mass is 16.4. The SMILES string of the molecule is CCn1nc(CC(C)C)cc1C(=O)Nc1nnc(-c2cnccn2)o1. The van der Waals surface area contributed by atoms with Crippen molar-refractivity contribution in [3.8, 4) is 11.6 Å². The molecule has 3 aromatic heterocycles. The van der Waals surface area contributed by atoms with Gasteiger partial charge in [0, 0.05) is 18.9 Å². The van der Waals surface area contributed by atoms with Crippen LogP contribution in [0.3, 0.4) is 0 Å². The van der Waals surface area contributed by atoms with Crippen LogP contribution in [-0.2, 0) is 13.0 Å². The zero-order valence-electron chi connectivity index (χ0n) is 14.3. The number of amides is 1. The van der Waals surface area contributed by atoms with Crippen molar-refractivity contribution in [1.29, 1.82) is 0 Å². The second kappa shape index (κ2) is 7.20. The molecule has 0 saturated heterocycles. The highest BCUT2D eigenvalue weighted by molar-refractivity contribution is 6.01. The monoisotopic (exact) mass is 341 g/mol. The van der Waals surface area contributed by atoms with E-state index in [-0.39, 0.29) is 17.8 Å². The zero-order valence-corrected chi connectivity index (χ0v) is 14.3. The average Bonchev–Trinajstić information content (AvgIpc) is 3.22. The summed E-state index contributed by atoms with van der Waals surface area (Å²) in [5.41, 5.74) is 1.78. The first-order chi connectivity index (χ1) is 12.1. The van der Waals surface area contributed by atoms with E-state index < -0.39 is 0 Å². The quantitative estimate of drug-likeness (QED) is 0.731. The molecule has 0 aliphatic heterocycles. The standard InChI is InChI=1S/C16H19N7O2/c1-4-23-13(8-11(22-23)7-10(2)3)14(24)19-16-21-20-15(25-16)12-9-17-5-6-18-12/h5-6,8-10H,4,7H2,1-3H3,(H,19,21,24). The molecule has 9 nitrogen and oxygen atoms in total. The topological polar surface area (TPSA) is 112 Å². The van der Waals surface area contributed by atoms with Crippen molar-refractivity contribution in [2.24, 2.45) is 5.92 Å². The van der Waals surface area contributed by atoms with Crippen LogP contribution in [0.4, 0.5) is 6.01 Å². The number of hydrogen-bond acceptors (Lipinski definition) is 7. The van der Waals surface area contributed by atoms with Gasteiger partial charge >= 0.3 is 6.01 Å². The lowest BCUT2D eigenvalue weighted by atomic mass is 10.1. The number of hydrogen-bond donors (Lipinski definition) is 1. The van der Waals surface area contributed by atoms with Crippen molar-refractivity contribution in [3.05, 3.63) is 36.0 Å². The first-order valence-electron chi connectivity index (χ1n) is 8.04. The summed E-state index contributed by atoms with van der Waals surface area (Å²) in [4.78, 5) is 20.5. The largest absolute Gasteiger partial charge is 0.401 e. The van der Waals surface area contributed by atoms with Crippen molar-refractivity contribution in [1.82, 2.24) is 29.9 Å². The molecule has 0 unspecified atom stereocenters. The van der Waals surface area contributed by atoms with Crippen LogP contribution < -0.4 is 5.32 Å². The third-order valence-electron chi connectivity index (χ3n) is 3.41. The van der Waals surface area contributed by atoms with Gasteiger partial charge in [-0.1, -0.05) is 18.9 Å². The lowest BCUT2D eigenvalue weighted by Crippen LogP contribution is -2.17. The number of rotatable bonds is 6. The van der Waals surface area contributed by atoms with Crippen LogP contribution in [-0.4, -0.2) is 35.9 Å². The lowest BCUT2D eigenvalue weighted by molar-refractivity contribution is 0.101. The molecule has 1 amide bonds. The molecular formula is C16H19N7O2. The van der Waals surface area contributed by atoms with Gasteiger partial charge in [-0.3, -0.25) is 19.8 Å². The van der Waals surface area contributed by atoms with Gasteiger partial charge in [-0.25, -0.2) is 4.98 Å². The molecule has 0 fully saturated rings. The van der Waals surface area contributed by atoms with E-state index in [1.165, 1.54) is 12.4 Å². The molecule has 0 saturated carbocycles. The fraction of sp³-hybridized carbons (Fsp3) is 0.375. The molecule has 0 aromatic carbocycles. The Balaban J connectivity index is 1.76. The molecule has 0 atom stereocenters. The Hall–Kier alpha value is -3.10. The summed E-state index contributed by atoms with van der Waals surface area (Å²) >= 11 is 0. The predicted molar refractivity (Wildman–Crippen MR) is 89.7 cm³/mol. The molecule has 1 N–H and O–H groups in total. The van der Waals surface area contributed by atoms with Gasteiger partial charge in [-0.2, -0.15) is 5.10 Å². The van der Waals surface area contributed by atoms with E-state index in [1.54, 1.807) is 16.9 Å². The predicted octanol–water partition coefficient (Wildman–Crippen LogP) is 2.19. The molecule has 3 heterocycles. The van der Waals surface area contributed by atoms with E-state index in [4.69, 9.17) is 4.42 Å². The van der Waals surface area contributed by atoms with E-state index in [9.17, 15) is 4.79 Å². The normalized spacial score (nSPS) is 11.0. The van der Waals surface area contributed by atoms with Crippen LogP contribution in [0.1, 0.15) is 37.0 Å². The highest BCUT2D eigenvalue weighted by Crippen LogP contribution is 2.17. The Kier molecular flexibility index (Phi) is 4.82. The van der Waals surface area contributed by atoms with Gasteiger partial charge in [0.1, 0.15) is 11.4 Å². The molecule has 0 bridgehead atoms. The van der Waals surface area contributed by atoms with Crippen LogP contribution >= 0.6 is 0 Å². The van der Waals surface area contributed by atoms with Gasteiger partial charge in [-0.15, -0.1) is 5.10 Å². The molecule has 25 heavy (non-hydrogen) atoms. The summed E-state index contributed by atoms with van der Waals surface area (Å²) in [5, 5.41) is 14.7. The number of nitrogens with one attached hydrogen (secondary N) is 1. The van der Waals surface area contributed by atoms with E-state index in [2.05, 4.69) is 44.4 Å². The zero-order chi connectivity index (χ0) is 17.8. The minimum atomic E-state index is -0.348. The summed E-state index contributed by atoms with van der Waals surface area (Å²) in [6, 6.07) is 1.79. The Labute approximate surface area is 144 Å². The molecule has 9 heteroatoms. The molecule has 3 rings (SSSR count). The number of carbonyl (C=O) groups is 1. The van der Waals surface area contributed by atoms with E-state index >= 15 is 0 Å². The van der Waals surface area contributed by atoms with Gasteiger partial charge < -0.3 is 4.42 Å². The Bertz CT molecular complexity index is 855. The van der Waals surface area contributed by atoms with Crippen LogP contribution in [0.25, 0.3) is 11.6 Å². The third kappa shape index (κ3) is 3.87. The maximum Gasteiger partial charge on any atom is 0.322 e. The summed E-state index contributed by atoms with van der Waals surface area (Å²) in [7, 11) is 0. The van der Waals surface area contributed by atoms with Crippen LogP contribution in [0.15, 0.2) is 29.1 Å². The van der Waals surface area contributed by atoms with Gasteiger partial charge in [-0.05, 0) is 25.3 Å². The van der Waals surface area contributed by atoms with Gasteiger partial charge in [0.15, 0.2) is 0 Å². The molecule has 0 spiro atoms. The molecular weight excluding hydrogens is 322 g/mol. The second-order valence-electron chi connectivity index (χ2n) is 5.89. The Morgan fingerprint density at radius 2 is 2.16 bits per heavy atom. The van der Waals surface area contributed by atoms with E-state index in [1.807, 2.05) is 6.92 Å². The Morgan fingerprint density at radius 1 is 1.32 bits per heavy atom. The smallest absolute Gasteiger partial charge is 0.322 e. The van der Waals surface area contributed by atoms with Crippen molar-refractivity contribution < 1.29 is 9.21 Å². The summed E-state index contributed by atoms with van der Waals surface area (Å²) < 4.78 is 7.08. The molecule has 130 valence electrons. The first-order valence-corrected chi connectivity index (χ1v) is 8.04. The Morgan fingerprint density at radius 3 is 2.84 bits per heavy atom. The molecule has 3 aromatic rings. The second-order valence-corrected chi connectivity index (χ2v) is 5.89. The van der Waals surface area contributed by atoms with E-state index in [0.29, 0.717) is 23.9 Å². The fourth-order valence-corrected chi connectivity index (χ4v) is 2.36. The minimum Gasteiger partial charge on any atom is -0.401 e. The lowest BCUT2D eigenvalue weighted by Gasteiger charge is -2.02.